The van der Waals surface area contributed by atoms with Crippen LogP contribution in [0.25, 0.3) is 0 Å². The zero-order valence-electron chi connectivity index (χ0n) is 7.67. The summed E-state index contributed by atoms with van der Waals surface area (Å²) in [5, 5.41) is 18.3. The number of phenols is 2. The molecule has 4 N–H and O–H groups in total. The molecule has 6 heteroatoms. The second-order valence-corrected chi connectivity index (χ2v) is 3.04. The van der Waals surface area contributed by atoms with Gasteiger partial charge in [0.1, 0.15) is 17.1 Å². The molecule has 0 aliphatic carbocycles. The predicted octanol–water partition coefficient (Wildman–Crippen LogP) is 1.62. The van der Waals surface area contributed by atoms with E-state index in [1.165, 1.54) is 0 Å². The monoisotopic (exact) mass is 221 g/mol. The van der Waals surface area contributed by atoms with E-state index in [0.717, 1.165) is 6.07 Å². The quantitative estimate of drug-likeness (QED) is 0.665. The highest BCUT2D eigenvalue weighted by Gasteiger charge is 2.35. The van der Waals surface area contributed by atoms with E-state index in [2.05, 4.69) is 0 Å². The maximum atomic E-state index is 12.3. The van der Waals surface area contributed by atoms with E-state index in [4.69, 9.17) is 10.8 Å². The van der Waals surface area contributed by atoms with Crippen molar-refractivity contribution in [2.75, 3.05) is 6.54 Å². The Kier molecular flexibility index (Phi) is 3.09. The van der Waals surface area contributed by atoms with Crippen molar-refractivity contribution < 1.29 is 23.4 Å². The molecule has 3 nitrogen and oxygen atoms in total. The number of halogens is 3. The van der Waals surface area contributed by atoms with Gasteiger partial charge >= 0.3 is 6.18 Å². The smallest absolute Gasteiger partial charge is 0.420 e. The van der Waals surface area contributed by atoms with Crippen LogP contribution in [0.5, 0.6) is 11.5 Å². The number of phenolic OH excluding ortho intramolecular Hbond substituents is 2. The number of benzene rings is 1. The third-order valence-corrected chi connectivity index (χ3v) is 1.89. The van der Waals surface area contributed by atoms with Crippen LogP contribution < -0.4 is 5.73 Å². The van der Waals surface area contributed by atoms with E-state index in [-0.39, 0.29) is 18.5 Å². The van der Waals surface area contributed by atoms with Crippen LogP contribution in [0.2, 0.25) is 0 Å². The van der Waals surface area contributed by atoms with Crippen LogP contribution in [0, 0.1) is 0 Å². The Morgan fingerprint density at radius 1 is 1.20 bits per heavy atom. The van der Waals surface area contributed by atoms with E-state index < -0.39 is 23.2 Å². The first-order valence-electron chi connectivity index (χ1n) is 4.18. The molecule has 0 saturated carbocycles. The average molecular weight is 221 g/mol. The summed E-state index contributed by atoms with van der Waals surface area (Å²) in [6.07, 6.45) is -4.62. The lowest BCUT2D eigenvalue weighted by atomic mass is 10.0. The van der Waals surface area contributed by atoms with Gasteiger partial charge in [0.25, 0.3) is 0 Å². The van der Waals surface area contributed by atoms with Gasteiger partial charge in [0.15, 0.2) is 0 Å². The van der Waals surface area contributed by atoms with Crippen LogP contribution in [0.3, 0.4) is 0 Å². The van der Waals surface area contributed by atoms with Crippen LogP contribution in [0.1, 0.15) is 11.1 Å². The first kappa shape index (κ1) is 11.6. The summed E-state index contributed by atoms with van der Waals surface area (Å²) in [4.78, 5) is 0. The number of hydrogen-bond acceptors (Lipinski definition) is 3. The molecule has 1 aromatic carbocycles. The van der Waals surface area contributed by atoms with Crippen molar-refractivity contribution in [3.63, 3.8) is 0 Å². The van der Waals surface area contributed by atoms with Crippen LogP contribution in [0.15, 0.2) is 12.1 Å². The summed E-state index contributed by atoms with van der Waals surface area (Å²) in [7, 11) is 0. The molecule has 0 fully saturated rings. The van der Waals surface area contributed by atoms with E-state index in [9.17, 15) is 18.3 Å². The molecule has 0 aromatic heterocycles. The Labute approximate surface area is 84.0 Å². The molecule has 0 radical (unpaired) electrons. The number of nitrogens with two attached hydrogens (primary N) is 1. The Bertz CT molecular complexity index is 363. The van der Waals surface area contributed by atoms with Crippen molar-refractivity contribution in [2.45, 2.75) is 12.6 Å². The zero-order valence-corrected chi connectivity index (χ0v) is 7.67. The number of aromatic hydroxyl groups is 2. The minimum atomic E-state index is -4.69. The molecule has 0 aliphatic rings. The van der Waals surface area contributed by atoms with Gasteiger partial charge in [-0.15, -0.1) is 0 Å². The highest BCUT2D eigenvalue weighted by Crippen LogP contribution is 2.39. The summed E-state index contributed by atoms with van der Waals surface area (Å²) in [6.45, 7) is 0.0916. The second-order valence-electron chi connectivity index (χ2n) is 3.04. The van der Waals surface area contributed by atoms with Crippen LogP contribution in [0.4, 0.5) is 13.2 Å². The Morgan fingerprint density at radius 3 is 2.27 bits per heavy atom. The maximum Gasteiger partial charge on any atom is 0.420 e. The van der Waals surface area contributed by atoms with Gasteiger partial charge in [0.2, 0.25) is 0 Å². The van der Waals surface area contributed by atoms with Crippen LogP contribution >= 0.6 is 0 Å². The predicted molar refractivity (Wildman–Crippen MR) is 47.5 cm³/mol. The van der Waals surface area contributed by atoms with Gasteiger partial charge < -0.3 is 15.9 Å². The zero-order chi connectivity index (χ0) is 11.6. The van der Waals surface area contributed by atoms with Gasteiger partial charge in [-0.3, -0.25) is 0 Å². The minimum Gasteiger partial charge on any atom is -0.508 e. The molecule has 0 saturated heterocycles. The largest absolute Gasteiger partial charge is 0.508 e. The normalized spacial score (nSPS) is 11.7. The Hall–Kier alpha value is -1.43. The van der Waals surface area contributed by atoms with Gasteiger partial charge in [-0.1, -0.05) is 0 Å². The summed E-state index contributed by atoms with van der Waals surface area (Å²) in [6, 6.07) is 1.55. The first-order valence-corrected chi connectivity index (χ1v) is 4.18. The van der Waals surface area contributed by atoms with E-state index in [1.807, 2.05) is 0 Å². The van der Waals surface area contributed by atoms with Gasteiger partial charge in [-0.05, 0) is 30.7 Å². The molecule has 0 spiro atoms. The van der Waals surface area contributed by atoms with Crippen molar-refractivity contribution in [3.8, 4) is 11.5 Å². The fraction of sp³-hybridized carbons (Fsp3) is 0.333. The van der Waals surface area contributed by atoms with Gasteiger partial charge in [-0.25, -0.2) is 0 Å². The topological polar surface area (TPSA) is 66.5 Å². The van der Waals surface area contributed by atoms with Gasteiger partial charge in [0, 0.05) is 0 Å². The molecule has 15 heavy (non-hydrogen) atoms. The molecule has 84 valence electrons. The average Bonchev–Trinajstić information content (AvgIpc) is 2.09. The first-order chi connectivity index (χ1) is 6.86. The van der Waals surface area contributed by atoms with Crippen molar-refractivity contribution in [1.29, 1.82) is 0 Å². The maximum absolute atomic E-state index is 12.3. The third kappa shape index (κ3) is 2.53. The summed E-state index contributed by atoms with van der Waals surface area (Å²) >= 11 is 0. The van der Waals surface area contributed by atoms with Crippen molar-refractivity contribution >= 4 is 0 Å². The molecule has 0 aliphatic heterocycles. The van der Waals surface area contributed by atoms with Crippen LogP contribution in [-0.4, -0.2) is 16.8 Å². The van der Waals surface area contributed by atoms with Crippen molar-refractivity contribution in [2.24, 2.45) is 5.73 Å². The van der Waals surface area contributed by atoms with Gasteiger partial charge in [0.05, 0.1) is 0 Å². The minimum absolute atomic E-state index is 0.00942. The Balaban J connectivity index is 3.28. The number of hydrogen-bond donors (Lipinski definition) is 3. The molecular formula is C9H10F3NO2. The number of alkyl halides is 3. The second kappa shape index (κ2) is 3.98. The standard InChI is InChI=1S/C9H10F3NO2/c10-9(11,12)7-4-6(14)3-5(1-2-13)8(7)15/h3-4,14-15H,1-2,13H2. The third-order valence-electron chi connectivity index (χ3n) is 1.89. The molecule has 1 aromatic rings. The van der Waals surface area contributed by atoms with E-state index >= 15 is 0 Å². The lowest BCUT2D eigenvalue weighted by Crippen LogP contribution is -2.08. The van der Waals surface area contributed by atoms with Crippen molar-refractivity contribution in [3.05, 3.63) is 23.3 Å². The molecule has 0 amide bonds. The summed E-state index contributed by atoms with van der Waals surface area (Å²) < 4.78 is 37.0. The van der Waals surface area contributed by atoms with E-state index in [0.29, 0.717) is 6.07 Å². The van der Waals surface area contributed by atoms with Gasteiger partial charge in [-0.2, -0.15) is 13.2 Å². The molecule has 0 bridgehead atoms. The van der Waals surface area contributed by atoms with Crippen LogP contribution in [-0.2, 0) is 12.6 Å². The van der Waals surface area contributed by atoms with E-state index in [1.54, 1.807) is 0 Å². The lowest BCUT2D eigenvalue weighted by Gasteiger charge is -2.12. The summed E-state index contributed by atoms with van der Waals surface area (Å²) in [5.41, 5.74) is 3.91. The molecule has 0 atom stereocenters. The summed E-state index contributed by atoms with van der Waals surface area (Å²) in [5.74, 6) is -1.41. The fourth-order valence-electron chi connectivity index (χ4n) is 1.24. The number of rotatable bonds is 2. The Morgan fingerprint density at radius 2 is 1.80 bits per heavy atom. The molecule has 1 rings (SSSR count). The lowest BCUT2D eigenvalue weighted by molar-refractivity contribution is -0.138. The molecule has 0 heterocycles. The highest BCUT2D eigenvalue weighted by molar-refractivity contribution is 5.47. The SMILES string of the molecule is NCCc1cc(O)cc(C(F)(F)F)c1O. The molecular weight excluding hydrogens is 211 g/mol. The fourth-order valence-corrected chi connectivity index (χ4v) is 1.24. The highest BCUT2D eigenvalue weighted by atomic mass is 19.4. The molecule has 0 unspecified atom stereocenters. The van der Waals surface area contributed by atoms with Crippen molar-refractivity contribution in [1.82, 2.24) is 0 Å².